The van der Waals surface area contributed by atoms with Crippen LogP contribution < -0.4 is 15.8 Å². The number of hydrogen-bond donors (Lipinski definition) is 2. The van der Waals surface area contributed by atoms with Crippen LogP contribution in [-0.4, -0.2) is 18.6 Å². The third-order valence-electron chi connectivity index (χ3n) is 2.97. The Morgan fingerprint density at radius 1 is 1.50 bits per heavy atom. The number of nitrogens with one attached hydrogen (secondary N) is 1. The van der Waals surface area contributed by atoms with E-state index in [1.807, 2.05) is 6.92 Å². The molecule has 1 aromatic carbocycles. The van der Waals surface area contributed by atoms with Gasteiger partial charge in [-0.2, -0.15) is 0 Å². The summed E-state index contributed by atoms with van der Waals surface area (Å²) in [7, 11) is 1.58. The Kier molecular flexibility index (Phi) is 7.94. The van der Waals surface area contributed by atoms with Gasteiger partial charge in [0.2, 0.25) is 5.91 Å². The van der Waals surface area contributed by atoms with E-state index in [-0.39, 0.29) is 18.3 Å². The highest BCUT2D eigenvalue weighted by atomic mass is 35.5. The molecule has 114 valence electrons. The molecule has 3 N–H and O–H groups in total. The van der Waals surface area contributed by atoms with E-state index >= 15 is 0 Å². The van der Waals surface area contributed by atoms with Crippen molar-refractivity contribution in [1.29, 1.82) is 0 Å². The summed E-state index contributed by atoms with van der Waals surface area (Å²) < 4.78 is 5.22. The highest BCUT2D eigenvalue weighted by molar-refractivity contribution is 6.30. The Bertz CT molecular complexity index is 451. The van der Waals surface area contributed by atoms with Crippen LogP contribution in [0.25, 0.3) is 0 Å². The molecular formula is C14H22Cl2N2O2. The van der Waals surface area contributed by atoms with Gasteiger partial charge in [0, 0.05) is 17.1 Å². The van der Waals surface area contributed by atoms with Gasteiger partial charge in [0.15, 0.2) is 0 Å². The van der Waals surface area contributed by atoms with E-state index < -0.39 is 5.54 Å². The molecule has 1 rings (SSSR count). The molecule has 1 amide bonds. The summed E-state index contributed by atoms with van der Waals surface area (Å²) in [4.78, 5) is 12.0. The summed E-state index contributed by atoms with van der Waals surface area (Å²) in [5, 5.41) is 3.43. The fourth-order valence-electron chi connectivity index (χ4n) is 1.90. The van der Waals surface area contributed by atoms with Crippen molar-refractivity contribution in [1.82, 2.24) is 5.32 Å². The zero-order valence-corrected chi connectivity index (χ0v) is 13.6. The molecule has 0 aliphatic carbocycles. The molecule has 4 nitrogen and oxygen atoms in total. The largest absolute Gasteiger partial charge is 0.496 e. The number of benzene rings is 1. The van der Waals surface area contributed by atoms with Gasteiger partial charge in [-0.3, -0.25) is 4.79 Å². The lowest BCUT2D eigenvalue weighted by molar-refractivity contribution is -0.126. The van der Waals surface area contributed by atoms with Gasteiger partial charge in [0.25, 0.3) is 0 Å². The van der Waals surface area contributed by atoms with Crippen molar-refractivity contribution >= 4 is 29.9 Å². The van der Waals surface area contributed by atoms with Crippen molar-refractivity contribution in [2.24, 2.45) is 5.73 Å². The Hall–Kier alpha value is -0.970. The van der Waals surface area contributed by atoms with Gasteiger partial charge in [-0.15, -0.1) is 12.4 Å². The number of nitrogens with two attached hydrogens (primary N) is 1. The number of rotatable bonds is 6. The number of ether oxygens (including phenoxy) is 1. The summed E-state index contributed by atoms with van der Waals surface area (Å²) in [6.07, 6.45) is 1.51. The average molecular weight is 321 g/mol. The smallest absolute Gasteiger partial charge is 0.240 e. The molecule has 0 saturated carbocycles. The van der Waals surface area contributed by atoms with Crippen LogP contribution in [0.4, 0.5) is 0 Å². The second-order valence-corrected chi connectivity index (χ2v) is 5.24. The maximum absolute atomic E-state index is 12.0. The third-order valence-corrected chi connectivity index (χ3v) is 3.20. The highest BCUT2D eigenvalue weighted by Crippen LogP contribution is 2.22. The van der Waals surface area contributed by atoms with Crippen LogP contribution in [0.5, 0.6) is 5.75 Å². The van der Waals surface area contributed by atoms with Gasteiger partial charge < -0.3 is 15.8 Å². The molecule has 0 fully saturated rings. The summed E-state index contributed by atoms with van der Waals surface area (Å²) >= 11 is 5.94. The van der Waals surface area contributed by atoms with Gasteiger partial charge >= 0.3 is 0 Å². The normalized spacial score (nSPS) is 13.1. The molecule has 0 aliphatic rings. The van der Waals surface area contributed by atoms with E-state index in [0.29, 0.717) is 23.7 Å². The first-order valence-electron chi connectivity index (χ1n) is 6.30. The zero-order chi connectivity index (χ0) is 14.5. The molecular weight excluding hydrogens is 299 g/mol. The number of hydrogen-bond acceptors (Lipinski definition) is 3. The van der Waals surface area contributed by atoms with Gasteiger partial charge in [0.1, 0.15) is 5.75 Å². The minimum absolute atomic E-state index is 0. The van der Waals surface area contributed by atoms with Gasteiger partial charge in [0.05, 0.1) is 12.6 Å². The summed E-state index contributed by atoms with van der Waals surface area (Å²) in [6, 6.07) is 5.29. The van der Waals surface area contributed by atoms with Crippen molar-refractivity contribution in [3.05, 3.63) is 28.8 Å². The molecule has 0 aliphatic heterocycles. The van der Waals surface area contributed by atoms with E-state index in [4.69, 9.17) is 22.1 Å². The number of carbonyl (C=O) groups is 1. The van der Waals surface area contributed by atoms with Gasteiger partial charge in [-0.25, -0.2) is 0 Å². The van der Waals surface area contributed by atoms with Gasteiger partial charge in [-0.05, 0) is 31.5 Å². The van der Waals surface area contributed by atoms with Gasteiger partial charge in [-0.1, -0.05) is 24.9 Å². The quantitative estimate of drug-likeness (QED) is 0.847. The van der Waals surface area contributed by atoms with E-state index in [0.717, 1.165) is 12.0 Å². The Morgan fingerprint density at radius 2 is 2.15 bits per heavy atom. The third kappa shape index (κ3) is 5.19. The standard InChI is InChI=1S/C14H21ClN2O2.ClH/c1-4-7-14(2,16)13(18)17-9-10-8-11(15)5-6-12(10)19-3;/h5-6,8H,4,7,9,16H2,1-3H3,(H,17,18);1H. The van der Waals surface area contributed by atoms with Crippen LogP contribution in [0.2, 0.25) is 5.02 Å². The molecule has 1 unspecified atom stereocenters. The van der Waals surface area contributed by atoms with Crippen molar-refractivity contribution in [2.45, 2.75) is 38.8 Å². The first-order chi connectivity index (χ1) is 8.90. The van der Waals surface area contributed by atoms with Crippen LogP contribution in [0.15, 0.2) is 18.2 Å². The molecule has 6 heteroatoms. The minimum atomic E-state index is -0.847. The maximum Gasteiger partial charge on any atom is 0.240 e. The predicted octanol–water partition coefficient (Wildman–Crippen LogP) is 2.90. The topological polar surface area (TPSA) is 64.4 Å². The molecule has 0 aromatic heterocycles. The molecule has 0 radical (unpaired) electrons. The molecule has 0 heterocycles. The Balaban J connectivity index is 0.00000361. The lowest BCUT2D eigenvalue weighted by Crippen LogP contribution is -2.51. The molecule has 0 bridgehead atoms. The van der Waals surface area contributed by atoms with Crippen LogP contribution >= 0.6 is 24.0 Å². The van der Waals surface area contributed by atoms with E-state index in [9.17, 15) is 4.79 Å². The van der Waals surface area contributed by atoms with E-state index in [2.05, 4.69) is 5.32 Å². The Labute approximate surface area is 131 Å². The van der Waals surface area contributed by atoms with Crippen LogP contribution in [-0.2, 0) is 11.3 Å². The second kappa shape index (κ2) is 8.35. The van der Waals surface area contributed by atoms with Crippen LogP contribution in [0.3, 0.4) is 0 Å². The van der Waals surface area contributed by atoms with Crippen molar-refractivity contribution in [3.8, 4) is 5.75 Å². The van der Waals surface area contributed by atoms with Crippen molar-refractivity contribution in [3.63, 3.8) is 0 Å². The van der Waals surface area contributed by atoms with Crippen LogP contribution in [0.1, 0.15) is 32.3 Å². The molecule has 20 heavy (non-hydrogen) atoms. The minimum Gasteiger partial charge on any atom is -0.496 e. The fourth-order valence-corrected chi connectivity index (χ4v) is 2.09. The lowest BCUT2D eigenvalue weighted by atomic mass is 9.96. The second-order valence-electron chi connectivity index (χ2n) is 4.81. The number of halogens is 2. The number of carbonyl (C=O) groups excluding carboxylic acids is 1. The zero-order valence-electron chi connectivity index (χ0n) is 12.0. The summed E-state index contributed by atoms with van der Waals surface area (Å²) in [6.45, 7) is 4.08. The van der Waals surface area contributed by atoms with Crippen molar-refractivity contribution in [2.75, 3.05) is 7.11 Å². The molecule has 0 spiro atoms. The monoisotopic (exact) mass is 320 g/mol. The highest BCUT2D eigenvalue weighted by Gasteiger charge is 2.26. The Morgan fingerprint density at radius 3 is 2.70 bits per heavy atom. The first kappa shape index (κ1) is 19.0. The predicted molar refractivity (Wildman–Crippen MR) is 84.6 cm³/mol. The van der Waals surface area contributed by atoms with Crippen molar-refractivity contribution < 1.29 is 9.53 Å². The fraction of sp³-hybridized carbons (Fsp3) is 0.500. The molecule has 0 saturated heterocycles. The molecule has 1 aromatic rings. The van der Waals surface area contributed by atoms with E-state index in [1.165, 1.54) is 0 Å². The summed E-state index contributed by atoms with van der Waals surface area (Å²) in [5.74, 6) is 0.523. The molecule has 1 atom stereocenters. The van der Waals surface area contributed by atoms with Crippen LogP contribution in [0, 0.1) is 0 Å². The number of amides is 1. The SMILES string of the molecule is CCCC(C)(N)C(=O)NCc1cc(Cl)ccc1OC.Cl. The lowest BCUT2D eigenvalue weighted by Gasteiger charge is -2.23. The maximum atomic E-state index is 12.0. The average Bonchev–Trinajstić information content (AvgIpc) is 2.36. The summed E-state index contributed by atoms with van der Waals surface area (Å²) in [5.41, 5.74) is 5.95. The van der Waals surface area contributed by atoms with E-state index in [1.54, 1.807) is 32.2 Å². The number of methoxy groups -OCH3 is 1. The first-order valence-corrected chi connectivity index (χ1v) is 6.68.